The Morgan fingerprint density at radius 2 is 1.45 bits per heavy atom. The molecule has 0 bridgehead atoms. The van der Waals surface area contributed by atoms with Crippen LogP contribution in [0.2, 0.25) is 0 Å². The van der Waals surface area contributed by atoms with Crippen LogP contribution in [0.1, 0.15) is 53.3 Å². The number of hydrogen-bond acceptors (Lipinski definition) is 3. The summed E-state index contributed by atoms with van der Waals surface area (Å²) >= 11 is 0. The number of benzene rings is 1. The standard InChI is InChI=1S/C8H8N2O2.C7H15N/c9-7(11)5-2-1-3-6(4-5)8(10)12;1-6-2-4-7(8)5-3-6/h1-4H,(H2,9,11)(H2,10,12);6-7H,2-5,8H2,1H3. The van der Waals surface area contributed by atoms with Crippen LogP contribution in [0.5, 0.6) is 0 Å². The molecule has 2 amide bonds. The van der Waals surface area contributed by atoms with E-state index in [0.29, 0.717) is 6.04 Å². The van der Waals surface area contributed by atoms with Crippen LogP contribution >= 0.6 is 0 Å². The molecule has 0 radical (unpaired) electrons. The van der Waals surface area contributed by atoms with Gasteiger partial charge in [-0.2, -0.15) is 0 Å². The molecule has 20 heavy (non-hydrogen) atoms. The Balaban J connectivity index is 0.000000217. The molecule has 0 atom stereocenters. The lowest BCUT2D eigenvalue weighted by Gasteiger charge is -2.22. The van der Waals surface area contributed by atoms with Gasteiger partial charge in [-0.25, -0.2) is 0 Å². The van der Waals surface area contributed by atoms with Gasteiger partial charge in [0.25, 0.3) is 0 Å². The molecule has 0 heterocycles. The maximum atomic E-state index is 10.6. The summed E-state index contributed by atoms with van der Waals surface area (Å²) in [4.78, 5) is 21.3. The zero-order chi connectivity index (χ0) is 15.1. The molecule has 0 aliphatic heterocycles. The monoisotopic (exact) mass is 277 g/mol. The first-order valence-electron chi connectivity index (χ1n) is 6.85. The van der Waals surface area contributed by atoms with Gasteiger partial charge in [0.2, 0.25) is 11.8 Å². The Kier molecular flexibility index (Phi) is 6.18. The fraction of sp³-hybridized carbons (Fsp3) is 0.467. The number of carbonyl (C=O) groups is 2. The van der Waals surface area contributed by atoms with Crippen molar-refractivity contribution >= 4 is 11.8 Å². The van der Waals surface area contributed by atoms with Crippen LogP contribution in [0.3, 0.4) is 0 Å². The van der Waals surface area contributed by atoms with E-state index in [-0.39, 0.29) is 11.1 Å². The van der Waals surface area contributed by atoms with Crippen molar-refractivity contribution in [2.75, 3.05) is 0 Å². The maximum Gasteiger partial charge on any atom is 0.248 e. The summed E-state index contributed by atoms with van der Waals surface area (Å²) < 4.78 is 0. The number of primary amides is 2. The Morgan fingerprint density at radius 3 is 1.80 bits per heavy atom. The van der Waals surface area contributed by atoms with Crippen molar-refractivity contribution in [3.63, 3.8) is 0 Å². The van der Waals surface area contributed by atoms with Crippen molar-refractivity contribution in [1.82, 2.24) is 0 Å². The van der Waals surface area contributed by atoms with Gasteiger partial charge in [0.15, 0.2) is 0 Å². The molecule has 5 nitrogen and oxygen atoms in total. The van der Waals surface area contributed by atoms with Gasteiger partial charge < -0.3 is 17.2 Å². The van der Waals surface area contributed by atoms with Crippen LogP contribution in [0.15, 0.2) is 24.3 Å². The average molecular weight is 277 g/mol. The Morgan fingerprint density at radius 1 is 1.00 bits per heavy atom. The van der Waals surface area contributed by atoms with E-state index in [1.807, 2.05) is 0 Å². The van der Waals surface area contributed by atoms with E-state index in [1.165, 1.54) is 43.9 Å². The molecule has 1 aromatic rings. The normalized spacial score (nSPS) is 21.5. The predicted octanol–water partition coefficient (Wildman–Crippen LogP) is 1.41. The molecular weight excluding hydrogens is 254 g/mol. The van der Waals surface area contributed by atoms with Crippen molar-refractivity contribution in [2.45, 2.75) is 38.6 Å². The van der Waals surface area contributed by atoms with Gasteiger partial charge >= 0.3 is 0 Å². The molecule has 110 valence electrons. The molecule has 0 saturated heterocycles. The van der Waals surface area contributed by atoms with Crippen LogP contribution in [0.4, 0.5) is 0 Å². The third-order valence-electron chi connectivity index (χ3n) is 3.49. The van der Waals surface area contributed by atoms with Gasteiger partial charge in [-0.05, 0) is 49.8 Å². The van der Waals surface area contributed by atoms with Crippen LogP contribution in [0, 0.1) is 5.92 Å². The lowest BCUT2D eigenvalue weighted by molar-refractivity contribution is 0.0999. The molecular formula is C15H23N3O2. The van der Waals surface area contributed by atoms with E-state index in [1.54, 1.807) is 6.07 Å². The molecule has 0 spiro atoms. The molecule has 1 aromatic carbocycles. The first-order valence-corrected chi connectivity index (χ1v) is 6.85. The van der Waals surface area contributed by atoms with E-state index >= 15 is 0 Å². The summed E-state index contributed by atoms with van der Waals surface area (Å²) in [5, 5.41) is 0. The molecule has 0 unspecified atom stereocenters. The summed E-state index contributed by atoms with van der Waals surface area (Å²) in [6, 6.07) is 6.49. The maximum absolute atomic E-state index is 10.6. The zero-order valence-corrected chi connectivity index (χ0v) is 11.8. The van der Waals surface area contributed by atoms with Crippen LogP contribution in [-0.4, -0.2) is 17.9 Å². The second-order valence-corrected chi connectivity index (χ2v) is 5.33. The topological polar surface area (TPSA) is 112 Å². The van der Waals surface area contributed by atoms with Gasteiger partial charge in [-0.3, -0.25) is 9.59 Å². The summed E-state index contributed by atoms with van der Waals surface area (Å²) in [6.07, 6.45) is 5.20. The highest BCUT2D eigenvalue weighted by Crippen LogP contribution is 2.21. The van der Waals surface area contributed by atoms with E-state index in [0.717, 1.165) is 5.92 Å². The summed E-state index contributed by atoms with van der Waals surface area (Å²) in [7, 11) is 0. The molecule has 0 aromatic heterocycles. The average Bonchev–Trinajstić information content (AvgIpc) is 2.43. The van der Waals surface area contributed by atoms with Crippen LogP contribution in [0.25, 0.3) is 0 Å². The number of amides is 2. The largest absolute Gasteiger partial charge is 0.366 e. The fourth-order valence-electron chi connectivity index (χ4n) is 2.11. The van der Waals surface area contributed by atoms with E-state index in [2.05, 4.69) is 6.92 Å². The van der Waals surface area contributed by atoms with Gasteiger partial charge in [0, 0.05) is 17.2 Å². The highest BCUT2D eigenvalue weighted by Gasteiger charge is 2.13. The Bertz CT molecular complexity index is 427. The first kappa shape index (κ1) is 16.2. The van der Waals surface area contributed by atoms with Gasteiger partial charge in [0.05, 0.1) is 0 Å². The number of carbonyl (C=O) groups excluding carboxylic acids is 2. The minimum absolute atomic E-state index is 0.284. The number of hydrogen-bond donors (Lipinski definition) is 3. The zero-order valence-electron chi connectivity index (χ0n) is 11.8. The Hall–Kier alpha value is -1.88. The second kappa shape index (κ2) is 7.65. The summed E-state index contributed by atoms with van der Waals surface area (Å²) in [5.41, 5.74) is 16.2. The van der Waals surface area contributed by atoms with Crippen molar-refractivity contribution in [2.24, 2.45) is 23.1 Å². The lowest BCUT2D eigenvalue weighted by Crippen LogP contribution is -2.25. The van der Waals surface area contributed by atoms with Gasteiger partial charge in [0.1, 0.15) is 0 Å². The first-order chi connectivity index (χ1) is 9.40. The van der Waals surface area contributed by atoms with Crippen LogP contribution in [-0.2, 0) is 0 Å². The smallest absolute Gasteiger partial charge is 0.248 e. The molecule has 1 aliphatic rings. The molecule has 1 aliphatic carbocycles. The number of rotatable bonds is 2. The van der Waals surface area contributed by atoms with E-state index in [4.69, 9.17) is 17.2 Å². The fourth-order valence-corrected chi connectivity index (χ4v) is 2.11. The van der Waals surface area contributed by atoms with Gasteiger partial charge in [-0.1, -0.05) is 13.0 Å². The molecule has 1 saturated carbocycles. The minimum Gasteiger partial charge on any atom is -0.366 e. The summed E-state index contributed by atoms with van der Waals surface area (Å²) in [6.45, 7) is 2.31. The Labute approximate surface area is 119 Å². The highest BCUT2D eigenvalue weighted by molar-refractivity contribution is 5.98. The third kappa shape index (κ3) is 5.40. The molecule has 2 rings (SSSR count). The molecule has 5 heteroatoms. The van der Waals surface area contributed by atoms with E-state index in [9.17, 15) is 9.59 Å². The third-order valence-corrected chi connectivity index (χ3v) is 3.49. The van der Waals surface area contributed by atoms with Crippen molar-refractivity contribution < 1.29 is 9.59 Å². The molecule has 1 fully saturated rings. The second-order valence-electron chi connectivity index (χ2n) is 5.33. The quantitative estimate of drug-likeness (QED) is 0.759. The van der Waals surface area contributed by atoms with Crippen molar-refractivity contribution in [3.8, 4) is 0 Å². The summed E-state index contributed by atoms with van der Waals surface area (Å²) in [5.74, 6) is -0.203. The van der Waals surface area contributed by atoms with Crippen molar-refractivity contribution in [1.29, 1.82) is 0 Å². The SMILES string of the molecule is CC1CCC(N)CC1.NC(=O)c1cccc(C(N)=O)c1. The van der Waals surface area contributed by atoms with Crippen LogP contribution < -0.4 is 17.2 Å². The number of nitrogens with two attached hydrogens (primary N) is 3. The van der Waals surface area contributed by atoms with Crippen molar-refractivity contribution in [3.05, 3.63) is 35.4 Å². The lowest BCUT2D eigenvalue weighted by atomic mass is 9.88. The molecule has 6 N–H and O–H groups in total. The van der Waals surface area contributed by atoms with E-state index < -0.39 is 11.8 Å². The predicted molar refractivity (Wildman–Crippen MR) is 79.1 cm³/mol. The highest BCUT2D eigenvalue weighted by atomic mass is 16.1. The van der Waals surface area contributed by atoms with Gasteiger partial charge in [-0.15, -0.1) is 0 Å². The minimum atomic E-state index is -0.571.